The third-order valence-electron chi connectivity index (χ3n) is 2.67. The molecule has 0 unspecified atom stereocenters. The van der Waals surface area contributed by atoms with E-state index in [9.17, 15) is 26.3 Å². The van der Waals surface area contributed by atoms with Gasteiger partial charge in [0.25, 0.3) is 0 Å². The van der Waals surface area contributed by atoms with E-state index in [1.165, 1.54) is 0 Å². The highest BCUT2D eigenvalue weighted by molar-refractivity contribution is 5.42. The minimum absolute atomic E-state index is 0.160. The van der Waals surface area contributed by atoms with Gasteiger partial charge in [0, 0.05) is 0 Å². The molecule has 0 aliphatic carbocycles. The van der Waals surface area contributed by atoms with Crippen LogP contribution in [0.1, 0.15) is 11.1 Å². The Morgan fingerprint density at radius 3 is 1.00 bits per heavy atom. The normalized spacial score (nSPS) is 12.8. The molecule has 0 atom stereocenters. The SMILES string of the molecule is FC(F)(F)c1ccc(/N=N/c2ccc(C(F)(F)F)cc2)cc1. The minimum atomic E-state index is -4.44. The van der Waals surface area contributed by atoms with Gasteiger partial charge in [-0.3, -0.25) is 0 Å². The fraction of sp³-hybridized carbons (Fsp3) is 0.143. The average molecular weight is 318 g/mol. The fourth-order valence-corrected chi connectivity index (χ4v) is 1.55. The molecule has 116 valence electrons. The maximum atomic E-state index is 12.4. The summed E-state index contributed by atoms with van der Waals surface area (Å²) in [6.07, 6.45) is -8.88. The summed E-state index contributed by atoms with van der Waals surface area (Å²) >= 11 is 0. The Kier molecular flexibility index (Phi) is 4.20. The molecule has 0 heterocycles. The molecule has 2 nitrogen and oxygen atoms in total. The molecule has 0 aliphatic rings. The Labute approximate surface area is 121 Å². The summed E-state index contributed by atoms with van der Waals surface area (Å²) in [5.74, 6) is 0. The molecule has 0 bridgehead atoms. The first-order chi connectivity index (χ1) is 10.2. The second-order valence-corrected chi connectivity index (χ2v) is 4.29. The zero-order chi connectivity index (χ0) is 16.4. The molecular weight excluding hydrogens is 310 g/mol. The summed E-state index contributed by atoms with van der Waals surface area (Å²) in [4.78, 5) is 0. The Morgan fingerprint density at radius 1 is 0.500 bits per heavy atom. The molecule has 2 rings (SSSR count). The summed E-state index contributed by atoms with van der Waals surface area (Å²) in [6.45, 7) is 0. The molecule has 0 saturated carbocycles. The molecule has 0 aromatic heterocycles. The lowest BCUT2D eigenvalue weighted by molar-refractivity contribution is -0.138. The van der Waals surface area contributed by atoms with Crippen LogP contribution in [0.4, 0.5) is 37.7 Å². The molecule has 0 radical (unpaired) electrons. The zero-order valence-corrected chi connectivity index (χ0v) is 10.8. The average Bonchev–Trinajstić information content (AvgIpc) is 2.44. The van der Waals surface area contributed by atoms with E-state index >= 15 is 0 Å². The number of halogens is 6. The maximum absolute atomic E-state index is 12.4. The predicted molar refractivity (Wildman–Crippen MR) is 67.1 cm³/mol. The van der Waals surface area contributed by atoms with Crippen molar-refractivity contribution in [2.45, 2.75) is 12.4 Å². The van der Waals surface area contributed by atoms with E-state index in [0.29, 0.717) is 0 Å². The van der Waals surface area contributed by atoms with Crippen molar-refractivity contribution < 1.29 is 26.3 Å². The molecule has 22 heavy (non-hydrogen) atoms. The third kappa shape index (κ3) is 4.06. The summed E-state index contributed by atoms with van der Waals surface area (Å²) in [5, 5.41) is 7.34. The number of hydrogen-bond acceptors (Lipinski definition) is 2. The van der Waals surface area contributed by atoms with Crippen LogP contribution in [-0.2, 0) is 12.4 Å². The molecule has 0 fully saturated rings. The van der Waals surface area contributed by atoms with Gasteiger partial charge in [0.05, 0.1) is 22.5 Å². The highest BCUT2D eigenvalue weighted by atomic mass is 19.4. The van der Waals surface area contributed by atoms with Crippen molar-refractivity contribution in [2.75, 3.05) is 0 Å². The van der Waals surface area contributed by atoms with Crippen LogP contribution in [0.25, 0.3) is 0 Å². The zero-order valence-electron chi connectivity index (χ0n) is 10.8. The second-order valence-electron chi connectivity index (χ2n) is 4.29. The van der Waals surface area contributed by atoms with Crippen molar-refractivity contribution in [3.63, 3.8) is 0 Å². The van der Waals surface area contributed by atoms with Crippen molar-refractivity contribution in [1.29, 1.82) is 0 Å². The standard InChI is InChI=1S/C14H8F6N2/c15-13(16,17)9-1-5-11(6-2-9)21-22-12-7-3-10(4-8-12)14(18,19)20/h1-8H/b22-21+. The van der Waals surface area contributed by atoms with E-state index < -0.39 is 23.5 Å². The molecule has 8 heteroatoms. The van der Waals surface area contributed by atoms with Gasteiger partial charge in [-0.05, 0) is 48.5 Å². The lowest BCUT2D eigenvalue weighted by atomic mass is 10.2. The van der Waals surface area contributed by atoms with Gasteiger partial charge in [-0.15, -0.1) is 0 Å². The van der Waals surface area contributed by atoms with E-state index in [1.807, 2.05) is 0 Å². The van der Waals surface area contributed by atoms with Crippen molar-refractivity contribution in [3.05, 3.63) is 59.7 Å². The van der Waals surface area contributed by atoms with Gasteiger partial charge in [-0.2, -0.15) is 36.6 Å². The van der Waals surface area contributed by atoms with Crippen LogP contribution in [0.2, 0.25) is 0 Å². The van der Waals surface area contributed by atoms with Crippen LogP contribution < -0.4 is 0 Å². The number of azo groups is 1. The van der Waals surface area contributed by atoms with Crippen LogP contribution in [0, 0.1) is 0 Å². The topological polar surface area (TPSA) is 24.7 Å². The Balaban J connectivity index is 2.12. The maximum Gasteiger partial charge on any atom is 0.416 e. The van der Waals surface area contributed by atoms with Crippen LogP contribution in [-0.4, -0.2) is 0 Å². The summed E-state index contributed by atoms with van der Waals surface area (Å²) in [7, 11) is 0. The molecule has 0 amide bonds. The smallest absolute Gasteiger partial charge is 0.166 e. The Hall–Kier alpha value is -2.38. The first-order valence-electron chi connectivity index (χ1n) is 5.92. The van der Waals surface area contributed by atoms with Crippen LogP contribution in [0.3, 0.4) is 0 Å². The van der Waals surface area contributed by atoms with Gasteiger partial charge in [-0.1, -0.05) is 0 Å². The highest BCUT2D eigenvalue weighted by Gasteiger charge is 2.30. The Bertz CT molecular complexity index is 594. The summed E-state index contributed by atoms with van der Waals surface area (Å²) in [5.41, 5.74) is -1.32. The van der Waals surface area contributed by atoms with Gasteiger partial charge in [0.15, 0.2) is 0 Å². The quantitative estimate of drug-likeness (QED) is 0.469. The molecule has 0 aliphatic heterocycles. The molecule has 0 N–H and O–H groups in total. The predicted octanol–water partition coefficient (Wildman–Crippen LogP) is 6.14. The van der Waals surface area contributed by atoms with Gasteiger partial charge >= 0.3 is 12.4 Å². The lowest BCUT2D eigenvalue weighted by Gasteiger charge is -2.06. The molecule has 0 spiro atoms. The van der Waals surface area contributed by atoms with E-state index in [4.69, 9.17) is 0 Å². The van der Waals surface area contributed by atoms with Crippen molar-refractivity contribution in [2.24, 2.45) is 10.2 Å². The highest BCUT2D eigenvalue weighted by Crippen LogP contribution is 2.32. The molecule has 2 aromatic rings. The third-order valence-corrected chi connectivity index (χ3v) is 2.67. The fourth-order valence-electron chi connectivity index (χ4n) is 1.55. The largest absolute Gasteiger partial charge is 0.416 e. The lowest BCUT2D eigenvalue weighted by Crippen LogP contribution is -2.03. The van der Waals surface area contributed by atoms with Crippen LogP contribution in [0.15, 0.2) is 58.8 Å². The number of nitrogens with zero attached hydrogens (tertiary/aromatic N) is 2. The summed E-state index contributed by atoms with van der Waals surface area (Å²) < 4.78 is 74.2. The minimum Gasteiger partial charge on any atom is -0.166 e. The van der Waals surface area contributed by atoms with Crippen molar-refractivity contribution >= 4 is 11.4 Å². The number of hydrogen-bond donors (Lipinski definition) is 0. The molecule has 2 aromatic carbocycles. The Morgan fingerprint density at radius 2 is 0.773 bits per heavy atom. The van der Waals surface area contributed by atoms with Crippen LogP contribution >= 0.6 is 0 Å². The first-order valence-corrected chi connectivity index (χ1v) is 5.92. The molecular formula is C14H8F6N2. The van der Waals surface area contributed by atoms with Gasteiger partial charge in [-0.25, -0.2) is 0 Å². The molecule has 0 saturated heterocycles. The van der Waals surface area contributed by atoms with E-state index in [2.05, 4.69) is 10.2 Å². The van der Waals surface area contributed by atoms with E-state index in [1.54, 1.807) is 0 Å². The summed E-state index contributed by atoms with van der Waals surface area (Å²) in [6, 6.07) is 7.88. The second kappa shape index (κ2) is 5.78. The number of alkyl halides is 6. The van der Waals surface area contributed by atoms with E-state index in [0.717, 1.165) is 48.5 Å². The van der Waals surface area contributed by atoms with Crippen molar-refractivity contribution in [3.8, 4) is 0 Å². The number of rotatable bonds is 2. The van der Waals surface area contributed by atoms with Gasteiger partial charge in [0.1, 0.15) is 0 Å². The monoisotopic (exact) mass is 318 g/mol. The first kappa shape index (κ1) is 16.0. The van der Waals surface area contributed by atoms with Crippen molar-refractivity contribution in [1.82, 2.24) is 0 Å². The number of benzene rings is 2. The van der Waals surface area contributed by atoms with Gasteiger partial charge < -0.3 is 0 Å². The van der Waals surface area contributed by atoms with Crippen LogP contribution in [0.5, 0.6) is 0 Å². The van der Waals surface area contributed by atoms with E-state index in [-0.39, 0.29) is 11.4 Å². The van der Waals surface area contributed by atoms with Gasteiger partial charge in [0.2, 0.25) is 0 Å².